The number of hydrogen-bond donors (Lipinski definition) is 0. The molecular formula is C23H28F2O2. The summed E-state index contributed by atoms with van der Waals surface area (Å²) in [6.45, 7) is 1.99. The smallest absolute Gasteiger partial charge is 0.228 e. The summed E-state index contributed by atoms with van der Waals surface area (Å²) in [4.78, 5) is 0. The average Bonchev–Trinajstić information content (AvgIpc) is 2.70. The van der Waals surface area contributed by atoms with Crippen LogP contribution in [0.2, 0.25) is 0 Å². The van der Waals surface area contributed by atoms with Crippen LogP contribution in [0.1, 0.15) is 45.4 Å². The Hall–Kier alpha value is -2.10. The molecule has 0 atom stereocenters. The Labute approximate surface area is 160 Å². The van der Waals surface area contributed by atoms with Gasteiger partial charge in [-0.25, -0.2) is 8.78 Å². The van der Waals surface area contributed by atoms with Gasteiger partial charge in [0.1, 0.15) is 5.75 Å². The Morgan fingerprint density at radius 3 is 2.19 bits per heavy atom. The van der Waals surface area contributed by atoms with Crippen LogP contribution in [-0.4, -0.2) is 13.5 Å². The van der Waals surface area contributed by atoms with E-state index in [9.17, 15) is 8.78 Å². The van der Waals surface area contributed by atoms with Crippen molar-refractivity contribution >= 4 is 0 Å². The second kappa shape index (κ2) is 9.72. The van der Waals surface area contributed by atoms with Crippen LogP contribution in [0.15, 0.2) is 42.5 Å². The zero-order valence-corrected chi connectivity index (χ0v) is 15.9. The van der Waals surface area contributed by atoms with E-state index in [1.807, 2.05) is 24.3 Å². The lowest BCUT2D eigenvalue weighted by Crippen LogP contribution is -2.20. The molecule has 27 heavy (non-hydrogen) atoms. The van der Waals surface area contributed by atoms with E-state index < -0.39 is 12.7 Å². The number of rotatable bonds is 8. The molecule has 0 saturated heterocycles. The summed E-state index contributed by atoms with van der Waals surface area (Å²) < 4.78 is 36.6. The lowest BCUT2D eigenvalue weighted by atomic mass is 9.80. The zero-order valence-electron chi connectivity index (χ0n) is 15.9. The second-order valence-corrected chi connectivity index (χ2v) is 7.41. The van der Waals surface area contributed by atoms with Crippen molar-refractivity contribution in [3.05, 3.63) is 48.3 Å². The fourth-order valence-electron chi connectivity index (χ4n) is 3.91. The van der Waals surface area contributed by atoms with Gasteiger partial charge in [0.15, 0.2) is 11.6 Å². The van der Waals surface area contributed by atoms with Crippen LogP contribution in [-0.2, 0) is 0 Å². The minimum Gasteiger partial charge on any atom is -0.493 e. The van der Waals surface area contributed by atoms with Gasteiger partial charge >= 0.3 is 0 Å². The Kier molecular flexibility index (Phi) is 7.08. The van der Waals surface area contributed by atoms with Crippen LogP contribution in [0.3, 0.4) is 0 Å². The highest BCUT2D eigenvalue weighted by Crippen LogP contribution is 2.32. The summed E-state index contributed by atoms with van der Waals surface area (Å²) in [6, 6.07) is 12.2. The van der Waals surface area contributed by atoms with Crippen LogP contribution < -0.4 is 9.47 Å². The molecule has 0 radical (unpaired) electrons. The predicted octanol–water partition coefficient (Wildman–Crippen LogP) is 6.78. The standard InChI is InChI=1S/C23H28F2O2/c1-2-3-17-4-6-18(7-5-17)15-26-21-11-8-19(9-12-21)20-10-13-23(27-16-24)22(25)14-20/h8-14,17-18H,2-7,15-16H2,1H3. The first-order valence-corrected chi connectivity index (χ1v) is 9.91. The van der Waals surface area contributed by atoms with Crippen LogP contribution in [0.5, 0.6) is 11.5 Å². The molecule has 0 unspecified atom stereocenters. The Bertz CT molecular complexity index is 707. The molecule has 146 valence electrons. The monoisotopic (exact) mass is 374 g/mol. The van der Waals surface area contributed by atoms with Gasteiger partial charge in [0.05, 0.1) is 6.61 Å². The molecule has 0 spiro atoms. The summed E-state index contributed by atoms with van der Waals surface area (Å²) in [6.07, 6.45) is 7.82. The normalized spacial score (nSPS) is 19.7. The molecule has 2 aromatic rings. The summed E-state index contributed by atoms with van der Waals surface area (Å²) in [5.74, 6) is 1.76. The van der Waals surface area contributed by atoms with E-state index in [0.29, 0.717) is 5.92 Å². The van der Waals surface area contributed by atoms with E-state index in [4.69, 9.17) is 4.74 Å². The highest BCUT2D eigenvalue weighted by Gasteiger charge is 2.21. The summed E-state index contributed by atoms with van der Waals surface area (Å²) in [5, 5.41) is 0. The number of benzene rings is 2. The lowest BCUT2D eigenvalue weighted by Gasteiger charge is -2.28. The minimum absolute atomic E-state index is 0.0742. The molecule has 1 fully saturated rings. The van der Waals surface area contributed by atoms with Gasteiger partial charge < -0.3 is 9.47 Å². The number of hydrogen-bond acceptors (Lipinski definition) is 2. The first-order valence-electron chi connectivity index (χ1n) is 9.91. The van der Waals surface area contributed by atoms with E-state index in [2.05, 4.69) is 11.7 Å². The van der Waals surface area contributed by atoms with Crippen molar-refractivity contribution in [1.29, 1.82) is 0 Å². The van der Waals surface area contributed by atoms with Gasteiger partial charge in [-0.15, -0.1) is 0 Å². The van der Waals surface area contributed by atoms with Gasteiger partial charge in [0, 0.05) is 0 Å². The van der Waals surface area contributed by atoms with Gasteiger partial charge in [0.2, 0.25) is 6.86 Å². The number of ether oxygens (including phenoxy) is 2. The van der Waals surface area contributed by atoms with E-state index >= 15 is 0 Å². The maximum atomic E-state index is 13.9. The Morgan fingerprint density at radius 1 is 0.889 bits per heavy atom. The van der Waals surface area contributed by atoms with Crippen LogP contribution in [0.4, 0.5) is 8.78 Å². The molecule has 2 aromatic carbocycles. The Balaban J connectivity index is 1.53. The first-order chi connectivity index (χ1) is 13.2. The molecule has 0 bridgehead atoms. The molecule has 3 rings (SSSR count). The summed E-state index contributed by atoms with van der Waals surface area (Å²) >= 11 is 0. The largest absolute Gasteiger partial charge is 0.493 e. The van der Waals surface area contributed by atoms with Crippen LogP contribution in [0.25, 0.3) is 11.1 Å². The van der Waals surface area contributed by atoms with Gasteiger partial charge in [-0.05, 0) is 60.1 Å². The average molecular weight is 374 g/mol. The minimum atomic E-state index is -1.04. The second-order valence-electron chi connectivity index (χ2n) is 7.41. The third kappa shape index (κ3) is 5.44. The van der Waals surface area contributed by atoms with Gasteiger partial charge in [-0.2, -0.15) is 0 Å². The van der Waals surface area contributed by atoms with Crippen LogP contribution in [0, 0.1) is 17.7 Å². The fraction of sp³-hybridized carbons (Fsp3) is 0.478. The topological polar surface area (TPSA) is 18.5 Å². The predicted molar refractivity (Wildman–Crippen MR) is 104 cm³/mol. The molecule has 0 N–H and O–H groups in total. The van der Waals surface area contributed by atoms with E-state index in [-0.39, 0.29) is 5.75 Å². The maximum Gasteiger partial charge on any atom is 0.228 e. The van der Waals surface area contributed by atoms with Crippen molar-refractivity contribution in [3.8, 4) is 22.6 Å². The quantitative estimate of drug-likeness (QED) is 0.507. The molecule has 1 saturated carbocycles. The SMILES string of the molecule is CCCC1CCC(COc2ccc(-c3ccc(OCF)c(F)c3)cc2)CC1. The van der Waals surface area contributed by atoms with Gasteiger partial charge in [0.25, 0.3) is 0 Å². The third-order valence-electron chi connectivity index (χ3n) is 5.48. The van der Waals surface area contributed by atoms with Crippen molar-refractivity contribution in [2.75, 3.05) is 13.5 Å². The number of alkyl halides is 1. The van der Waals surface area contributed by atoms with Crippen molar-refractivity contribution in [2.45, 2.75) is 45.4 Å². The van der Waals surface area contributed by atoms with Crippen molar-refractivity contribution in [1.82, 2.24) is 0 Å². The summed E-state index contributed by atoms with van der Waals surface area (Å²) in [5.41, 5.74) is 1.60. The molecular weight excluding hydrogens is 346 g/mol. The number of halogens is 2. The highest BCUT2D eigenvalue weighted by atomic mass is 19.1. The first kappa shape index (κ1) is 19.7. The lowest BCUT2D eigenvalue weighted by molar-refractivity contribution is 0.178. The van der Waals surface area contributed by atoms with E-state index in [1.165, 1.54) is 50.7 Å². The van der Waals surface area contributed by atoms with Crippen molar-refractivity contribution < 1.29 is 18.3 Å². The highest BCUT2D eigenvalue weighted by molar-refractivity contribution is 5.65. The Morgan fingerprint density at radius 2 is 1.56 bits per heavy atom. The molecule has 1 aliphatic carbocycles. The van der Waals surface area contributed by atoms with E-state index in [1.54, 1.807) is 6.07 Å². The van der Waals surface area contributed by atoms with Crippen molar-refractivity contribution in [2.24, 2.45) is 11.8 Å². The van der Waals surface area contributed by atoms with Gasteiger partial charge in [-0.1, -0.05) is 50.8 Å². The molecule has 2 nitrogen and oxygen atoms in total. The molecule has 1 aliphatic rings. The fourth-order valence-corrected chi connectivity index (χ4v) is 3.91. The molecule has 0 aromatic heterocycles. The molecule has 4 heteroatoms. The van der Waals surface area contributed by atoms with Crippen LogP contribution >= 0.6 is 0 Å². The molecule has 0 amide bonds. The van der Waals surface area contributed by atoms with E-state index in [0.717, 1.165) is 29.4 Å². The molecule has 0 heterocycles. The molecule has 0 aliphatic heterocycles. The van der Waals surface area contributed by atoms with Crippen molar-refractivity contribution in [3.63, 3.8) is 0 Å². The third-order valence-corrected chi connectivity index (χ3v) is 5.48. The summed E-state index contributed by atoms with van der Waals surface area (Å²) in [7, 11) is 0. The van der Waals surface area contributed by atoms with Gasteiger partial charge in [-0.3, -0.25) is 0 Å². The zero-order chi connectivity index (χ0) is 19.1. The maximum absolute atomic E-state index is 13.9.